The van der Waals surface area contributed by atoms with Gasteiger partial charge in [0.15, 0.2) is 0 Å². The van der Waals surface area contributed by atoms with Gasteiger partial charge in [-0.3, -0.25) is 0 Å². The topological polar surface area (TPSA) is 20.2 Å². The highest BCUT2D eigenvalue weighted by Gasteiger charge is 2.10. The molecule has 90 valence electrons. The van der Waals surface area contributed by atoms with Crippen LogP contribution in [0.3, 0.4) is 0 Å². The summed E-state index contributed by atoms with van der Waals surface area (Å²) in [7, 11) is 0. The number of hydrogen-bond acceptors (Lipinski definition) is 3. The van der Waals surface area contributed by atoms with Crippen LogP contribution in [-0.4, -0.2) is 10.9 Å². The molecule has 1 aromatic carbocycles. The van der Waals surface area contributed by atoms with Crippen LogP contribution >= 0.6 is 50.6 Å². The van der Waals surface area contributed by atoms with Crippen LogP contribution in [0.25, 0.3) is 0 Å². The molecular weight excluding hydrogens is 340 g/mol. The molecule has 2 aromatic rings. The van der Waals surface area contributed by atoms with Crippen molar-refractivity contribution in [2.24, 2.45) is 0 Å². The Hall–Kier alpha value is -0.0000000000000000833. The first kappa shape index (κ1) is 13.4. The molecule has 0 aliphatic rings. The third-order valence-electron chi connectivity index (χ3n) is 2.12. The minimum absolute atomic E-state index is 0.435. The van der Waals surface area contributed by atoms with E-state index in [1.807, 2.05) is 35.7 Å². The molecule has 0 radical (unpaired) electrons. The van der Waals surface area contributed by atoms with Crippen molar-refractivity contribution in [2.75, 3.05) is 5.75 Å². The first-order valence-electron chi connectivity index (χ1n) is 4.95. The highest BCUT2D eigenvalue weighted by atomic mass is 79.9. The SMILES string of the molecule is OC(CSc1cccc(Cl)c1)c1cc(Br)cs1. The number of benzene rings is 1. The predicted molar refractivity (Wildman–Crippen MR) is 79.2 cm³/mol. The summed E-state index contributed by atoms with van der Waals surface area (Å²) in [4.78, 5) is 2.05. The van der Waals surface area contributed by atoms with E-state index < -0.39 is 6.10 Å². The summed E-state index contributed by atoms with van der Waals surface area (Å²) in [5.74, 6) is 0.632. The van der Waals surface area contributed by atoms with E-state index in [1.54, 1.807) is 23.1 Å². The van der Waals surface area contributed by atoms with E-state index in [4.69, 9.17) is 11.6 Å². The van der Waals surface area contributed by atoms with Crippen molar-refractivity contribution < 1.29 is 5.11 Å². The van der Waals surface area contributed by atoms with Gasteiger partial charge < -0.3 is 5.11 Å². The van der Waals surface area contributed by atoms with Crippen molar-refractivity contribution in [3.8, 4) is 0 Å². The Morgan fingerprint density at radius 3 is 2.88 bits per heavy atom. The summed E-state index contributed by atoms with van der Waals surface area (Å²) in [6.07, 6.45) is -0.435. The Bertz CT molecular complexity index is 501. The van der Waals surface area contributed by atoms with Crippen LogP contribution < -0.4 is 0 Å². The molecule has 2 rings (SSSR count). The van der Waals surface area contributed by atoms with Gasteiger partial charge in [-0.05, 0) is 40.2 Å². The maximum Gasteiger partial charge on any atom is 0.0975 e. The Morgan fingerprint density at radius 1 is 1.41 bits per heavy atom. The maximum absolute atomic E-state index is 10.0. The number of thioether (sulfide) groups is 1. The molecule has 1 nitrogen and oxygen atoms in total. The summed E-state index contributed by atoms with van der Waals surface area (Å²) in [5.41, 5.74) is 0. The number of aliphatic hydroxyl groups excluding tert-OH is 1. The summed E-state index contributed by atoms with van der Waals surface area (Å²) in [6, 6.07) is 9.61. The normalized spacial score (nSPS) is 12.6. The van der Waals surface area contributed by atoms with E-state index in [-0.39, 0.29) is 0 Å². The largest absolute Gasteiger partial charge is 0.387 e. The molecule has 1 atom stereocenters. The van der Waals surface area contributed by atoms with E-state index in [0.717, 1.165) is 19.3 Å². The molecule has 1 N–H and O–H groups in total. The van der Waals surface area contributed by atoms with Crippen LogP contribution in [0.5, 0.6) is 0 Å². The van der Waals surface area contributed by atoms with Gasteiger partial charge in [0.1, 0.15) is 0 Å². The lowest BCUT2D eigenvalue weighted by Crippen LogP contribution is -1.97. The van der Waals surface area contributed by atoms with Gasteiger partial charge >= 0.3 is 0 Å². The van der Waals surface area contributed by atoms with Gasteiger partial charge in [0.25, 0.3) is 0 Å². The molecule has 0 saturated carbocycles. The lowest BCUT2D eigenvalue weighted by Gasteiger charge is -2.08. The molecule has 1 unspecified atom stereocenters. The van der Waals surface area contributed by atoms with Gasteiger partial charge in [-0.15, -0.1) is 23.1 Å². The molecule has 1 heterocycles. The fourth-order valence-electron chi connectivity index (χ4n) is 1.32. The van der Waals surface area contributed by atoms with E-state index in [1.165, 1.54) is 0 Å². The monoisotopic (exact) mass is 348 g/mol. The molecule has 0 saturated heterocycles. The Kier molecular flexibility index (Phi) is 4.94. The molecule has 5 heteroatoms. The molecular formula is C12H10BrClOS2. The standard InChI is InChI=1S/C12H10BrClOS2/c13-8-4-12(17-6-8)11(15)7-16-10-3-1-2-9(14)5-10/h1-6,11,15H,7H2. The number of aliphatic hydroxyl groups is 1. The zero-order chi connectivity index (χ0) is 12.3. The molecule has 0 amide bonds. The van der Waals surface area contributed by atoms with E-state index in [2.05, 4.69) is 15.9 Å². The van der Waals surface area contributed by atoms with Gasteiger partial charge in [0.05, 0.1) is 6.10 Å². The van der Waals surface area contributed by atoms with Crippen LogP contribution in [0.1, 0.15) is 11.0 Å². The number of thiophene rings is 1. The summed E-state index contributed by atoms with van der Waals surface area (Å²) >= 11 is 12.4. The summed E-state index contributed by atoms with van der Waals surface area (Å²) in [5, 5.41) is 12.7. The molecule has 1 aromatic heterocycles. The van der Waals surface area contributed by atoms with Crippen molar-refractivity contribution >= 4 is 50.6 Å². The highest BCUT2D eigenvalue weighted by Crippen LogP contribution is 2.30. The molecule has 0 fully saturated rings. The third-order valence-corrected chi connectivity index (χ3v) is 5.22. The van der Waals surface area contributed by atoms with Gasteiger partial charge in [-0.1, -0.05) is 17.7 Å². The average molecular weight is 350 g/mol. The Labute approximate surface area is 122 Å². The molecule has 0 spiro atoms. The lowest BCUT2D eigenvalue weighted by atomic mass is 10.3. The molecule has 0 bridgehead atoms. The van der Waals surface area contributed by atoms with Crippen LogP contribution in [0.4, 0.5) is 0 Å². The van der Waals surface area contributed by atoms with Crippen LogP contribution in [0, 0.1) is 0 Å². The molecule has 17 heavy (non-hydrogen) atoms. The van der Waals surface area contributed by atoms with Crippen LogP contribution in [-0.2, 0) is 0 Å². The fraction of sp³-hybridized carbons (Fsp3) is 0.167. The lowest BCUT2D eigenvalue weighted by molar-refractivity contribution is 0.208. The van der Waals surface area contributed by atoms with Crippen LogP contribution in [0.15, 0.2) is 45.1 Å². The molecule has 0 aliphatic carbocycles. The van der Waals surface area contributed by atoms with Crippen molar-refractivity contribution in [1.82, 2.24) is 0 Å². The van der Waals surface area contributed by atoms with Gasteiger partial charge in [-0.2, -0.15) is 0 Å². The first-order chi connectivity index (χ1) is 8.15. The zero-order valence-corrected chi connectivity index (χ0v) is 12.7. The quantitative estimate of drug-likeness (QED) is 0.785. The van der Waals surface area contributed by atoms with E-state index in [0.29, 0.717) is 5.75 Å². The van der Waals surface area contributed by atoms with Gasteiger partial charge in [0, 0.05) is 30.4 Å². The second-order valence-corrected chi connectivity index (χ2v) is 6.84. The molecule has 0 aliphatic heterocycles. The minimum Gasteiger partial charge on any atom is -0.387 e. The summed E-state index contributed by atoms with van der Waals surface area (Å²) in [6.45, 7) is 0. The third kappa shape index (κ3) is 4.00. The van der Waals surface area contributed by atoms with Gasteiger partial charge in [-0.25, -0.2) is 0 Å². The zero-order valence-electron chi connectivity index (χ0n) is 8.77. The number of halogens is 2. The van der Waals surface area contributed by atoms with Crippen molar-refractivity contribution in [1.29, 1.82) is 0 Å². The number of hydrogen-bond donors (Lipinski definition) is 1. The second-order valence-electron chi connectivity index (χ2n) is 3.45. The van der Waals surface area contributed by atoms with Crippen LogP contribution in [0.2, 0.25) is 5.02 Å². The van der Waals surface area contributed by atoms with E-state index in [9.17, 15) is 5.11 Å². The van der Waals surface area contributed by atoms with Crippen molar-refractivity contribution in [3.05, 3.63) is 50.1 Å². The second kappa shape index (κ2) is 6.25. The predicted octanol–water partition coefficient (Wildman–Crippen LogP) is 4.99. The average Bonchev–Trinajstić information content (AvgIpc) is 2.73. The Balaban J connectivity index is 1.94. The Morgan fingerprint density at radius 2 is 2.24 bits per heavy atom. The van der Waals surface area contributed by atoms with Gasteiger partial charge in [0.2, 0.25) is 0 Å². The van der Waals surface area contributed by atoms with E-state index >= 15 is 0 Å². The first-order valence-corrected chi connectivity index (χ1v) is 7.99. The number of rotatable bonds is 4. The summed E-state index contributed by atoms with van der Waals surface area (Å²) < 4.78 is 1.02. The van der Waals surface area contributed by atoms with Crippen molar-refractivity contribution in [2.45, 2.75) is 11.0 Å². The van der Waals surface area contributed by atoms with Crippen molar-refractivity contribution in [3.63, 3.8) is 0 Å². The fourth-order valence-corrected chi connectivity index (χ4v) is 4.02. The highest BCUT2D eigenvalue weighted by molar-refractivity contribution is 9.10. The maximum atomic E-state index is 10.0. The smallest absolute Gasteiger partial charge is 0.0975 e. The minimum atomic E-state index is -0.435.